The van der Waals surface area contributed by atoms with Crippen LogP contribution in [0.3, 0.4) is 0 Å². The number of piperidine rings is 1. The average molecular weight is 398 g/mol. The molecule has 2 aromatic heterocycles. The van der Waals surface area contributed by atoms with Crippen LogP contribution in [-0.2, 0) is 4.79 Å². The number of amides is 2. The van der Waals surface area contributed by atoms with Crippen LogP contribution in [0.5, 0.6) is 5.88 Å². The second-order valence-electron chi connectivity index (χ2n) is 7.74. The summed E-state index contributed by atoms with van der Waals surface area (Å²) in [7, 11) is 1.53. The topological polar surface area (TPSA) is 97.6 Å². The van der Waals surface area contributed by atoms with Crippen molar-refractivity contribution in [2.75, 3.05) is 25.5 Å². The Morgan fingerprint density at radius 1 is 1.17 bits per heavy atom. The lowest BCUT2D eigenvalue weighted by Crippen LogP contribution is -2.40. The number of carbonyl (C=O) groups is 2. The molecule has 154 valence electrons. The molecule has 1 aliphatic carbocycles. The van der Waals surface area contributed by atoms with Crippen molar-refractivity contribution in [3.63, 3.8) is 0 Å². The van der Waals surface area contributed by atoms with E-state index in [1.807, 2.05) is 4.90 Å². The van der Waals surface area contributed by atoms with E-state index in [9.17, 15) is 9.59 Å². The highest BCUT2D eigenvalue weighted by Gasteiger charge is 2.31. The Kier molecular flexibility index (Phi) is 5.78. The Morgan fingerprint density at radius 2 is 1.93 bits per heavy atom. The summed E-state index contributed by atoms with van der Waals surface area (Å²) in [5.41, 5.74) is 1.32. The molecule has 0 radical (unpaired) electrons. The Morgan fingerprint density at radius 3 is 2.59 bits per heavy atom. The maximum atomic E-state index is 12.6. The lowest BCUT2D eigenvalue weighted by atomic mass is 9.92. The summed E-state index contributed by atoms with van der Waals surface area (Å²) in [6, 6.07) is 5.07. The number of carbonyl (C=O) groups excluding carboxylic acids is 2. The molecule has 0 atom stereocenters. The smallest absolute Gasteiger partial charge is 0.294 e. The fourth-order valence-corrected chi connectivity index (χ4v) is 4.18. The van der Waals surface area contributed by atoms with Crippen molar-refractivity contribution < 1.29 is 18.8 Å². The Balaban J connectivity index is 1.31. The third-order valence-corrected chi connectivity index (χ3v) is 5.88. The lowest BCUT2D eigenvalue weighted by Gasteiger charge is -2.32. The van der Waals surface area contributed by atoms with E-state index in [1.165, 1.54) is 26.1 Å². The van der Waals surface area contributed by atoms with E-state index >= 15 is 0 Å². The monoisotopic (exact) mass is 398 g/mol. The van der Waals surface area contributed by atoms with E-state index < -0.39 is 0 Å². The molecule has 0 spiro atoms. The normalized spacial score (nSPS) is 18.0. The first-order chi connectivity index (χ1) is 14.1. The maximum Gasteiger partial charge on any atom is 0.294 e. The highest BCUT2D eigenvalue weighted by atomic mass is 16.5. The van der Waals surface area contributed by atoms with Gasteiger partial charge in [-0.1, -0.05) is 18.0 Å². The van der Waals surface area contributed by atoms with E-state index in [2.05, 4.69) is 15.5 Å². The van der Waals surface area contributed by atoms with Crippen LogP contribution in [0.4, 0.5) is 5.69 Å². The zero-order valence-corrected chi connectivity index (χ0v) is 16.6. The van der Waals surface area contributed by atoms with Crippen LogP contribution in [-0.4, -0.2) is 47.1 Å². The zero-order chi connectivity index (χ0) is 20.2. The number of hydrogen-bond acceptors (Lipinski definition) is 6. The van der Waals surface area contributed by atoms with Gasteiger partial charge in [0.05, 0.1) is 24.7 Å². The quantitative estimate of drug-likeness (QED) is 0.830. The molecule has 29 heavy (non-hydrogen) atoms. The molecule has 0 bridgehead atoms. The van der Waals surface area contributed by atoms with Gasteiger partial charge in [0.1, 0.15) is 0 Å². The summed E-state index contributed by atoms with van der Waals surface area (Å²) in [6.07, 6.45) is 7.61. The lowest BCUT2D eigenvalue weighted by molar-refractivity contribution is -0.136. The Hall–Kier alpha value is -2.90. The Labute approximate surface area is 169 Å². The molecule has 2 aromatic rings. The van der Waals surface area contributed by atoms with Crippen LogP contribution in [0, 0.1) is 5.92 Å². The number of ether oxygens (including phenoxy) is 1. The summed E-state index contributed by atoms with van der Waals surface area (Å²) in [4.78, 5) is 31.0. The molecule has 0 aromatic carbocycles. The van der Waals surface area contributed by atoms with E-state index in [0.717, 1.165) is 44.5 Å². The van der Waals surface area contributed by atoms with Crippen LogP contribution in [0.25, 0.3) is 0 Å². The number of hydrogen-bond donors (Lipinski definition) is 1. The van der Waals surface area contributed by atoms with Gasteiger partial charge in [-0.2, -0.15) is 0 Å². The highest BCUT2D eigenvalue weighted by Crippen LogP contribution is 2.31. The van der Waals surface area contributed by atoms with E-state index in [1.54, 1.807) is 18.2 Å². The zero-order valence-electron chi connectivity index (χ0n) is 16.6. The van der Waals surface area contributed by atoms with E-state index in [4.69, 9.17) is 9.26 Å². The number of aromatic nitrogens is 2. The minimum Gasteiger partial charge on any atom is -0.481 e. The second-order valence-corrected chi connectivity index (χ2v) is 7.74. The number of methoxy groups -OCH3 is 1. The van der Waals surface area contributed by atoms with Crippen LogP contribution < -0.4 is 10.1 Å². The van der Waals surface area contributed by atoms with Gasteiger partial charge < -0.3 is 19.5 Å². The molecule has 2 amide bonds. The molecule has 1 aliphatic heterocycles. The van der Waals surface area contributed by atoms with Crippen molar-refractivity contribution in [1.29, 1.82) is 0 Å². The van der Waals surface area contributed by atoms with Crippen molar-refractivity contribution in [2.24, 2.45) is 5.92 Å². The van der Waals surface area contributed by atoms with Gasteiger partial charge in [-0.3, -0.25) is 9.59 Å². The molecule has 8 heteroatoms. The average Bonchev–Trinajstić information content (AvgIpc) is 3.46. The summed E-state index contributed by atoms with van der Waals surface area (Å²) >= 11 is 0. The number of rotatable bonds is 5. The molecular weight excluding hydrogens is 372 g/mol. The van der Waals surface area contributed by atoms with E-state index in [-0.39, 0.29) is 23.5 Å². The fraction of sp³-hybridized carbons (Fsp3) is 0.524. The molecule has 2 aliphatic rings. The summed E-state index contributed by atoms with van der Waals surface area (Å²) in [5.74, 6) is 1.01. The minimum absolute atomic E-state index is 0.167. The molecule has 1 saturated heterocycles. The van der Waals surface area contributed by atoms with Crippen molar-refractivity contribution in [3.8, 4) is 5.88 Å². The summed E-state index contributed by atoms with van der Waals surface area (Å²) < 4.78 is 10.3. The third-order valence-electron chi connectivity index (χ3n) is 5.88. The maximum absolute atomic E-state index is 12.6. The fourth-order valence-electron chi connectivity index (χ4n) is 4.18. The molecule has 4 rings (SSSR count). The standard InChI is InChI=1S/C21H26N4O4/c1-28-19-7-6-16(13-22-19)23-20(26)18-12-17(24-29-18)14-8-10-25(11-9-14)21(27)15-4-2-3-5-15/h6-7,12-15H,2-5,8-11H2,1H3,(H,23,26). The largest absolute Gasteiger partial charge is 0.481 e. The van der Waals surface area contributed by atoms with Crippen LogP contribution in [0.15, 0.2) is 28.9 Å². The molecular formula is C21H26N4O4. The minimum atomic E-state index is -0.371. The van der Waals surface area contributed by atoms with Gasteiger partial charge in [-0.25, -0.2) is 4.98 Å². The number of nitrogens with zero attached hydrogens (tertiary/aromatic N) is 3. The van der Waals surface area contributed by atoms with Crippen molar-refractivity contribution in [3.05, 3.63) is 35.9 Å². The molecule has 3 heterocycles. The predicted octanol–water partition coefficient (Wildman–Crippen LogP) is 3.23. The molecule has 1 N–H and O–H groups in total. The van der Waals surface area contributed by atoms with Crippen LogP contribution in [0.1, 0.15) is 60.7 Å². The van der Waals surface area contributed by atoms with Gasteiger partial charge in [0.25, 0.3) is 5.91 Å². The molecule has 0 unspecified atom stereocenters. The van der Waals surface area contributed by atoms with Crippen molar-refractivity contribution in [2.45, 2.75) is 44.4 Å². The molecule has 8 nitrogen and oxygen atoms in total. The van der Waals surface area contributed by atoms with Gasteiger partial charge in [-0.15, -0.1) is 0 Å². The van der Waals surface area contributed by atoms with Crippen LogP contribution in [0.2, 0.25) is 0 Å². The predicted molar refractivity (Wildman–Crippen MR) is 106 cm³/mol. The summed E-state index contributed by atoms with van der Waals surface area (Å²) in [5, 5.41) is 6.84. The van der Waals surface area contributed by atoms with Gasteiger partial charge >= 0.3 is 0 Å². The Bertz CT molecular complexity index is 850. The summed E-state index contributed by atoms with van der Waals surface area (Å²) in [6.45, 7) is 1.48. The number of likely N-dealkylation sites (tertiary alicyclic amines) is 1. The number of pyridine rings is 1. The van der Waals surface area contributed by atoms with Gasteiger partial charge in [-0.05, 0) is 31.7 Å². The van der Waals surface area contributed by atoms with E-state index in [0.29, 0.717) is 17.5 Å². The first kappa shape index (κ1) is 19.4. The first-order valence-electron chi connectivity index (χ1n) is 10.2. The van der Waals surface area contributed by atoms with Gasteiger partial charge in [0, 0.05) is 37.1 Å². The molecule has 2 fully saturated rings. The van der Waals surface area contributed by atoms with Crippen molar-refractivity contribution in [1.82, 2.24) is 15.0 Å². The van der Waals surface area contributed by atoms with Gasteiger partial charge in [0.15, 0.2) is 0 Å². The van der Waals surface area contributed by atoms with Crippen molar-refractivity contribution >= 4 is 17.5 Å². The van der Waals surface area contributed by atoms with Gasteiger partial charge in [0.2, 0.25) is 17.5 Å². The third kappa shape index (κ3) is 4.41. The molecule has 1 saturated carbocycles. The number of nitrogens with one attached hydrogen (secondary N) is 1. The van der Waals surface area contributed by atoms with Crippen LogP contribution >= 0.6 is 0 Å². The highest BCUT2D eigenvalue weighted by molar-refractivity contribution is 6.02. The SMILES string of the molecule is COc1ccc(NC(=O)c2cc(C3CCN(C(=O)C4CCCC4)CC3)no2)cn1. The second kappa shape index (κ2) is 8.63. The first-order valence-corrected chi connectivity index (χ1v) is 10.2. The number of anilines is 1.